The van der Waals surface area contributed by atoms with E-state index in [0.29, 0.717) is 4.47 Å². The van der Waals surface area contributed by atoms with E-state index in [0.717, 1.165) is 6.07 Å². The highest BCUT2D eigenvalue weighted by molar-refractivity contribution is 9.10. The monoisotopic (exact) mass is 330 g/mol. The lowest BCUT2D eigenvalue weighted by Gasteiger charge is -2.12. The number of nitro benzene ring substituents is 1. The molecule has 1 aromatic carbocycles. The summed E-state index contributed by atoms with van der Waals surface area (Å²) in [6, 6.07) is 2.95. The number of nitrogens with one attached hydrogen (secondary N) is 1. The first-order valence-corrected chi connectivity index (χ1v) is 5.98. The summed E-state index contributed by atoms with van der Waals surface area (Å²) in [5, 5.41) is 13.0. The molecule has 102 valence electrons. The minimum atomic E-state index is -0.844. The molecule has 0 saturated carbocycles. The minimum absolute atomic E-state index is 0.0740. The molecule has 1 unspecified atom stereocenters. The number of benzene rings is 1. The summed E-state index contributed by atoms with van der Waals surface area (Å²) < 4.78 is 4.86. The summed E-state index contributed by atoms with van der Waals surface area (Å²) in [6.45, 7) is 1.45. The first kappa shape index (κ1) is 15.1. The maximum absolute atomic E-state index is 11.9. The van der Waals surface area contributed by atoms with E-state index in [1.54, 1.807) is 0 Å². The third kappa shape index (κ3) is 3.75. The van der Waals surface area contributed by atoms with E-state index in [9.17, 15) is 19.7 Å². The van der Waals surface area contributed by atoms with Gasteiger partial charge in [0.05, 0.1) is 17.6 Å². The molecule has 0 radical (unpaired) electrons. The van der Waals surface area contributed by atoms with Crippen LogP contribution in [-0.4, -0.2) is 30.0 Å². The van der Waals surface area contributed by atoms with Crippen LogP contribution in [0.25, 0.3) is 0 Å². The Balaban J connectivity index is 2.96. The third-order valence-corrected chi connectivity index (χ3v) is 3.00. The van der Waals surface area contributed by atoms with E-state index < -0.39 is 22.8 Å². The van der Waals surface area contributed by atoms with Gasteiger partial charge >= 0.3 is 5.97 Å². The number of hydrogen-bond acceptors (Lipinski definition) is 5. The fourth-order valence-corrected chi connectivity index (χ4v) is 1.74. The number of amides is 1. The maximum Gasteiger partial charge on any atom is 0.328 e. The standard InChI is InChI=1S/C11H11BrN2O5/c1-6(11(16)19-2)13-10(15)8-5-7(14(17)18)3-4-9(8)12/h3-6H,1-2H3,(H,13,15). The van der Waals surface area contributed by atoms with Crippen LogP contribution in [0.1, 0.15) is 17.3 Å². The molecule has 0 fully saturated rings. The van der Waals surface area contributed by atoms with E-state index in [4.69, 9.17) is 0 Å². The summed E-state index contributed by atoms with van der Waals surface area (Å²) in [4.78, 5) is 33.1. The molecule has 0 heterocycles. The molecule has 1 aromatic rings. The minimum Gasteiger partial charge on any atom is -0.467 e. The number of halogens is 1. The molecule has 0 spiro atoms. The number of ether oxygens (including phenoxy) is 1. The molecule has 0 aliphatic heterocycles. The molecule has 1 rings (SSSR count). The highest BCUT2D eigenvalue weighted by Gasteiger charge is 2.20. The van der Waals surface area contributed by atoms with Gasteiger partial charge in [-0.25, -0.2) is 4.79 Å². The number of nitro groups is 1. The van der Waals surface area contributed by atoms with E-state index in [1.165, 1.54) is 26.2 Å². The molecule has 0 aliphatic rings. The molecule has 7 nitrogen and oxygen atoms in total. The van der Waals surface area contributed by atoms with Gasteiger partial charge in [0.15, 0.2) is 0 Å². The lowest BCUT2D eigenvalue weighted by molar-refractivity contribution is -0.384. The van der Waals surface area contributed by atoms with Crippen molar-refractivity contribution in [2.75, 3.05) is 7.11 Å². The second-order valence-corrected chi connectivity index (χ2v) is 4.49. The molecule has 0 saturated heterocycles. The molecule has 1 amide bonds. The number of non-ortho nitro benzene ring substituents is 1. The fourth-order valence-electron chi connectivity index (χ4n) is 1.31. The number of hydrogen-bond donors (Lipinski definition) is 1. The largest absolute Gasteiger partial charge is 0.467 e. The smallest absolute Gasteiger partial charge is 0.328 e. The summed E-state index contributed by atoms with van der Waals surface area (Å²) in [6.07, 6.45) is 0. The zero-order chi connectivity index (χ0) is 14.6. The van der Waals surface area contributed by atoms with Crippen molar-refractivity contribution in [3.8, 4) is 0 Å². The topological polar surface area (TPSA) is 98.5 Å². The van der Waals surface area contributed by atoms with E-state index >= 15 is 0 Å². The Morgan fingerprint density at radius 3 is 2.63 bits per heavy atom. The maximum atomic E-state index is 11.9. The van der Waals surface area contributed by atoms with Gasteiger partial charge in [0.2, 0.25) is 0 Å². The van der Waals surface area contributed by atoms with Crippen LogP contribution in [0.4, 0.5) is 5.69 Å². The van der Waals surface area contributed by atoms with Gasteiger partial charge in [-0.1, -0.05) is 0 Å². The van der Waals surface area contributed by atoms with Gasteiger partial charge in [-0.3, -0.25) is 14.9 Å². The van der Waals surface area contributed by atoms with Crippen LogP contribution in [0, 0.1) is 10.1 Å². The molecule has 0 aromatic heterocycles. The lowest BCUT2D eigenvalue weighted by Crippen LogP contribution is -2.39. The predicted molar refractivity (Wildman–Crippen MR) is 69.7 cm³/mol. The lowest BCUT2D eigenvalue weighted by atomic mass is 10.2. The van der Waals surface area contributed by atoms with Gasteiger partial charge in [-0.2, -0.15) is 0 Å². The Morgan fingerprint density at radius 2 is 2.11 bits per heavy atom. The SMILES string of the molecule is COC(=O)C(C)NC(=O)c1cc([N+](=O)[O-])ccc1Br. The summed E-state index contributed by atoms with van der Waals surface area (Å²) in [5.41, 5.74) is -0.135. The Kier molecular flexibility index (Phi) is 4.99. The van der Waals surface area contributed by atoms with Gasteiger partial charge in [-0.05, 0) is 28.9 Å². The van der Waals surface area contributed by atoms with Crippen LogP contribution in [0.3, 0.4) is 0 Å². The van der Waals surface area contributed by atoms with Crippen LogP contribution in [0.15, 0.2) is 22.7 Å². The first-order valence-electron chi connectivity index (χ1n) is 5.19. The molecule has 8 heteroatoms. The second kappa shape index (κ2) is 6.28. The van der Waals surface area contributed by atoms with Gasteiger partial charge in [-0.15, -0.1) is 0 Å². The number of esters is 1. The molecule has 1 atom stereocenters. The Labute approximate surface area is 117 Å². The molecule has 1 N–H and O–H groups in total. The van der Waals surface area contributed by atoms with Crippen LogP contribution in [0.2, 0.25) is 0 Å². The van der Waals surface area contributed by atoms with E-state index in [1.807, 2.05) is 0 Å². The average Bonchev–Trinajstić information content (AvgIpc) is 2.37. The predicted octanol–water partition coefficient (Wildman–Crippen LogP) is 1.65. The second-order valence-electron chi connectivity index (χ2n) is 3.64. The third-order valence-electron chi connectivity index (χ3n) is 2.31. The molecule has 0 bridgehead atoms. The van der Waals surface area contributed by atoms with Crippen LogP contribution < -0.4 is 5.32 Å². The number of carbonyl (C=O) groups excluding carboxylic acids is 2. The van der Waals surface area contributed by atoms with Crippen molar-refractivity contribution in [3.63, 3.8) is 0 Å². The van der Waals surface area contributed by atoms with Gasteiger partial charge < -0.3 is 10.1 Å². The van der Waals surface area contributed by atoms with E-state index in [2.05, 4.69) is 26.0 Å². The normalized spacial score (nSPS) is 11.5. The average molecular weight is 331 g/mol. The number of nitrogens with zero attached hydrogens (tertiary/aromatic N) is 1. The van der Waals surface area contributed by atoms with Gasteiger partial charge in [0, 0.05) is 16.6 Å². The summed E-state index contributed by atoms with van der Waals surface area (Å²) in [7, 11) is 1.20. The van der Waals surface area contributed by atoms with Crippen molar-refractivity contribution in [3.05, 3.63) is 38.3 Å². The fraction of sp³-hybridized carbons (Fsp3) is 0.273. The van der Waals surface area contributed by atoms with Crippen molar-refractivity contribution >= 4 is 33.5 Å². The highest BCUT2D eigenvalue weighted by Crippen LogP contribution is 2.22. The van der Waals surface area contributed by atoms with Crippen LogP contribution in [-0.2, 0) is 9.53 Å². The van der Waals surface area contributed by atoms with Crippen LogP contribution in [0.5, 0.6) is 0 Å². The zero-order valence-electron chi connectivity index (χ0n) is 10.2. The van der Waals surface area contributed by atoms with Crippen molar-refractivity contribution in [1.29, 1.82) is 0 Å². The van der Waals surface area contributed by atoms with Crippen molar-refractivity contribution in [1.82, 2.24) is 5.32 Å². The van der Waals surface area contributed by atoms with Crippen molar-refractivity contribution in [2.45, 2.75) is 13.0 Å². The number of rotatable bonds is 4. The van der Waals surface area contributed by atoms with Crippen molar-refractivity contribution < 1.29 is 19.2 Å². The van der Waals surface area contributed by atoms with Gasteiger partial charge in [0.1, 0.15) is 6.04 Å². The zero-order valence-corrected chi connectivity index (χ0v) is 11.8. The number of methoxy groups -OCH3 is 1. The van der Waals surface area contributed by atoms with Crippen molar-refractivity contribution in [2.24, 2.45) is 0 Å². The highest BCUT2D eigenvalue weighted by atomic mass is 79.9. The van der Waals surface area contributed by atoms with Gasteiger partial charge in [0.25, 0.3) is 11.6 Å². The molecule has 19 heavy (non-hydrogen) atoms. The summed E-state index contributed by atoms with van der Waals surface area (Å²) in [5.74, 6) is -1.21. The molecule has 0 aliphatic carbocycles. The molecular weight excluding hydrogens is 320 g/mol. The molecular formula is C11H11BrN2O5. The Hall–Kier alpha value is -1.96. The van der Waals surface area contributed by atoms with Crippen LogP contribution >= 0.6 is 15.9 Å². The van der Waals surface area contributed by atoms with E-state index in [-0.39, 0.29) is 11.3 Å². The Bertz CT molecular complexity index is 532. The summed E-state index contributed by atoms with van der Waals surface area (Å²) >= 11 is 3.12. The first-order chi connectivity index (χ1) is 8.86. The Morgan fingerprint density at radius 1 is 1.47 bits per heavy atom. The number of carbonyl (C=O) groups is 2. The quantitative estimate of drug-likeness (QED) is 0.514.